The number of hydrogen-bond donors (Lipinski definition) is 1. The van der Waals surface area contributed by atoms with Gasteiger partial charge in [0.25, 0.3) is 10.1 Å². The molecule has 33 heavy (non-hydrogen) atoms. The fourth-order valence-corrected chi connectivity index (χ4v) is 4.58. The van der Waals surface area contributed by atoms with Gasteiger partial charge in [0.1, 0.15) is 24.4 Å². The Balaban J connectivity index is 1.60. The van der Waals surface area contributed by atoms with Gasteiger partial charge >= 0.3 is 0 Å². The smallest absolute Gasteiger partial charge is 0.264 e. The van der Waals surface area contributed by atoms with Crippen molar-refractivity contribution in [2.24, 2.45) is 0 Å². The highest BCUT2D eigenvalue weighted by atomic mass is 32.2. The van der Waals surface area contributed by atoms with Crippen LogP contribution < -0.4 is 5.32 Å². The first kappa shape index (κ1) is 23.8. The maximum absolute atomic E-state index is 12.1. The van der Waals surface area contributed by atoms with Gasteiger partial charge in [-0.25, -0.2) is 0 Å². The summed E-state index contributed by atoms with van der Waals surface area (Å²) in [6.45, 7) is 1.65. The highest BCUT2D eigenvalue weighted by Gasteiger charge is 2.52. The predicted molar refractivity (Wildman–Crippen MR) is 117 cm³/mol. The lowest BCUT2D eigenvalue weighted by Crippen LogP contribution is -2.67. The zero-order chi connectivity index (χ0) is 23.4. The second-order valence-corrected chi connectivity index (χ2v) is 9.61. The summed E-state index contributed by atoms with van der Waals surface area (Å²) < 4.78 is 53.7. The van der Waals surface area contributed by atoms with Gasteiger partial charge in [0.05, 0.1) is 19.5 Å². The van der Waals surface area contributed by atoms with Gasteiger partial charge in [-0.2, -0.15) is 8.42 Å². The van der Waals surface area contributed by atoms with E-state index in [0.717, 1.165) is 17.4 Å². The van der Waals surface area contributed by atoms with Crippen LogP contribution in [0.3, 0.4) is 0 Å². The molecule has 2 aromatic rings. The molecule has 0 unspecified atom stereocenters. The Labute approximate surface area is 193 Å². The van der Waals surface area contributed by atoms with Crippen LogP contribution >= 0.6 is 0 Å². The Hall–Kier alpha value is -2.34. The lowest BCUT2D eigenvalue weighted by atomic mass is 9.95. The van der Waals surface area contributed by atoms with E-state index in [9.17, 15) is 13.2 Å². The Kier molecular flexibility index (Phi) is 7.42. The molecule has 10 heteroatoms. The highest BCUT2D eigenvalue weighted by Crippen LogP contribution is 2.36. The van der Waals surface area contributed by atoms with Gasteiger partial charge in [-0.1, -0.05) is 60.7 Å². The normalized spacial score (nSPS) is 29.8. The van der Waals surface area contributed by atoms with Crippen LogP contribution in [0.25, 0.3) is 0 Å². The fourth-order valence-electron chi connectivity index (χ4n) is 3.95. The van der Waals surface area contributed by atoms with E-state index in [2.05, 4.69) is 5.32 Å². The molecule has 2 aliphatic rings. The number of hydrogen-bond acceptors (Lipinski definition) is 8. The van der Waals surface area contributed by atoms with Gasteiger partial charge in [-0.05, 0) is 5.56 Å². The molecule has 4 rings (SSSR count). The van der Waals surface area contributed by atoms with Gasteiger partial charge < -0.3 is 24.3 Å². The lowest BCUT2D eigenvalue weighted by molar-refractivity contribution is -0.342. The van der Waals surface area contributed by atoms with Crippen LogP contribution in [0, 0.1) is 0 Å². The third-order valence-electron chi connectivity index (χ3n) is 5.32. The standard InChI is InChI=1S/C23H27NO8S/c1-15(25)24-19-21(32-33(2,26)27)20-18(14-29-22(31-20)17-11-7-4-8-12-17)30-23(19)28-13-16-9-5-3-6-10-16/h3-12,18-23H,13-14H2,1-2H3,(H,24,25)/t18-,19-,20-,21-,22-,23+/m1/s1. The Bertz CT molecular complexity index is 1030. The van der Waals surface area contributed by atoms with Crippen molar-refractivity contribution in [3.8, 4) is 0 Å². The van der Waals surface area contributed by atoms with E-state index >= 15 is 0 Å². The number of benzene rings is 2. The van der Waals surface area contributed by atoms with Gasteiger partial charge in [0.15, 0.2) is 12.6 Å². The number of fused-ring (bicyclic) bond motifs is 1. The van der Waals surface area contributed by atoms with E-state index in [4.69, 9.17) is 23.1 Å². The number of nitrogens with one attached hydrogen (secondary N) is 1. The van der Waals surface area contributed by atoms with Crippen LogP contribution in [-0.4, -0.2) is 57.8 Å². The van der Waals surface area contributed by atoms with E-state index in [0.29, 0.717) is 0 Å². The summed E-state index contributed by atoms with van der Waals surface area (Å²) in [5.74, 6) is -0.385. The number of ether oxygens (including phenoxy) is 4. The lowest BCUT2D eigenvalue weighted by Gasteiger charge is -2.48. The zero-order valence-corrected chi connectivity index (χ0v) is 19.1. The molecule has 178 valence electrons. The van der Waals surface area contributed by atoms with Gasteiger partial charge in [0.2, 0.25) is 5.91 Å². The Morgan fingerprint density at radius 1 is 1.06 bits per heavy atom. The third kappa shape index (κ3) is 6.17. The molecular formula is C23H27NO8S. The van der Waals surface area contributed by atoms with Crippen molar-refractivity contribution in [3.63, 3.8) is 0 Å². The quantitative estimate of drug-likeness (QED) is 0.602. The maximum atomic E-state index is 12.1. The minimum absolute atomic E-state index is 0.131. The monoisotopic (exact) mass is 477 g/mol. The van der Waals surface area contributed by atoms with Crippen molar-refractivity contribution >= 4 is 16.0 Å². The van der Waals surface area contributed by atoms with Gasteiger partial charge in [-0.3, -0.25) is 8.98 Å². The minimum Gasteiger partial charge on any atom is -0.346 e. The Morgan fingerprint density at radius 3 is 2.36 bits per heavy atom. The summed E-state index contributed by atoms with van der Waals surface area (Å²) in [5, 5.41) is 2.73. The van der Waals surface area contributed by atoms with Crippen molar-refractivity contribution in [1.29, 1.82) is 0 Å². The van der Waals surface area contributed by atoms with Crippen LogP contribution in [0.1, 0.15) is 24.3 Å². The minimum atomic E-state index is -3.90. The van der Waals surface area contributed by atoms with E-state index in [1.54, 1.807) is 0 Å². The summed E-state index contributed by atoms with van der Waals surface area (Å²) in [6.07, 6.45) is -3.34. The molecule has 1 N–H and O–H groups in total. The summed E-state index contributed by atoms with van der Waals surface area (Å²) in [5.41, 5.74) is 1.67. The van der Waals surface area contributed by atoms with Crippen LogP contribution in [0.4, 0.5) is 0 Å². The predicted octanol–water partition coefficient (Wildman–Crippen LogP) is 1.89. The largest absolute Gasteiger partial charge is 0.346 e. The Morgan fingerprint density at radius 2 is 1.73 bits per heavy atom. The average molecular weight is 478 g/mol. The molecular weight excluding hydrogens is 450 g/mol. The second-order valence-electron chi connectivity index (χ2n) is 8.01. The van der Waals surface area contributed by atoms with E-state index in [1.807, 2.05) is 60.7 Å². The average Bonchev–Trinajstić information content (AvgIpc) is 2.79. The first-order valence-electron chi connectivity index (χ1n) is 10.6. The summed E-state index contributed by atoms with van der Waals surface area (Å²) in [7, 11) is -3.90. The first-order valence-corrected chi connectivity index (χ1v) is 12.4. The number of rotatable bonds is 7. The van der Waals surface area contributed by atoms with Crippen LogP contribution in [0.2, 0.25) is 0 Å². The molecule has 0 aromatic heterocycles. The molecule has 0 saturated carbocycles. The van der Waals surface area contributed by atoms with E-state index in [1.165, 1.54) is 6.92 Å². The number of amides is 1. The van der Waals surface area contributed by atoms with Crippen molar-refractivity contribution in [2.75, 3.05) is 12.9 Å². The van der Waals surface area contributed by atoms with Crippen LogP contribution in [0.15, 0.2) is 60.7 Å². The summed E-state index contributed by atoms with van der Waals surface area (Å²) in [6, 6.07) is 17.8. The molecule has 0 spiro atoms. The summed E-state index contributed by atoms with van der Waals surface area (Å²) in [4.78, 5) is 12.0. The topological polar surface area (TPSA) is 109 Å². The van der Waals surface area contributed by atoms with Crippen LogP contribution in [-0.2, 0) is 44.7 Å². The molecule has 6 atom stereocenters. The molecule has 2 heterocycles. The van der Waals surface area contributed by atoms with Crippen molar-refractivity contribution in [2.45, 2.75) is 50.5 Å². The SMILES string of the molecule is CC(=O)N[C@H]1[C@@H](OCc2ccccc2)O[C@@H]2CO[C@@H](c3ccccc3)O[C@H]2[C@@H]1OS(C)(=O)=O. The van der Waals surface area contributed by atoms with Crippen molar-refractivity contribution in [3.05, 3.63) is 71.8 Å². The molecule has 2 aromatic carbocycles. The van der Waals surface area contributed by atoms with E-state index in [-0.39, 0.29) is 19.1 Å². The third-order valence-corrected chi connectivity index (χ3v) is 5.90. The number of carbonyl (C=O) groups excluding carboxylic acids is 1. The molecule has 2 aliphatic heterocycles. The van der Waals surface area contributed by atoms with Crippen molar-refractivity contribution < 1.29 is 36.3 Å². The van der Waals surface area contributed by atoms with Crippen LogP contribution in [0.5, 0.6) is 0 Å². The summed E-state index contributed by atoms with van der Waals surface area (Å²) >= 11 is 0. The highest BCUT2D eigenvalue weighted by molar-refractivity contribution is 7.86. The molecule has 9 nitrogen and oxygen atoms in total. The van der Waals surface area contributed by atoms with Gasteiger partial charge in [0, 0.05) is 12.5 Å². The fraction of sp³-hybridized carbons (Fsp3) is 0.435. The number of carbonyl (C=O) groups is 1. The molecule has 1 amide bonds. The zero-order valence-electron chi connectivity index (χ0n) is 18.3. The molecule has 0 bridgehead atoms. The first-order chi connectivity index (χ1) is 15.8. The maximum Gasteiger partial charge on any atom is 0.264 e. The van der Waals surface area contributed by atoms with E-state index < -0.39 is 47.1 Å². The second kappa shape index (κ2) is 10.3. The van der Waals surface area contributed by atoms with Crippen molar-refractivity contribution in [1.82, 2.24) is 5.32 Å². The van der Waals surface area contributed by atoms with Gasteiger partial charge in [-0.15, -0.1) is 0 Å². The molecule has 2 fully saturated rings. The molecule has 2 saturated heterocycles. The molecule has 0 aliphatic carbocycles. The molecule has 0 radical (unpaired) electrons.